The number of nitrogens with zero attached hydrogens (tertiary/aromatic N) is 4. The van der Waals surface area contributed by atoms with Gasteiger partial charge in [0.1, 0.15) is 0 Å². The van der Waals surface area contributed by atoms with Crippen molar-refractivity contribution >= 4 is 10.0 Å². The van der Waals surface area contributed by atoms with Crippen molar-refractivity contribution in [3.63, 3.8) is 0 Å². The van der Waals surface area contributed by atoms with Gasteiger partial charge in [0.15, 0.2) is 5.25 Å². The van der Waals surface area contributed by atoms with E-state index in [-0.39, 0.29) is 6.04 Å². The van der Waals surface area contributed by atoms with Gasteiger partial charge in [0.25, 0.3) is 0 Å². The normalized spacial score (nSPS) is 21.8. The van der Waals surface area contributed by atoms with E-state index in [0.29, 0.717) is 32.6 Å². The Bertz CT molecular complexity index is 454. The van der Waals surface area contributed by atoms with Gasteiger partial charge in [0.05, 0.1) is 18.2 Å². The van der Waals surface area contributed by atoms with Crippen molar-refractivity contribution in [3.8, 4) is 12.1 Å². The summed E-state index contributed by atoms with van der Waals surface area (Å²) in [7, 11) is -3.52. The molecule has 0 saturated carbocycles. The first-order valence-electron chi connectivity index (χ1n) is 5.99. The summed E-state index contributed by atoms with van der Waals surface area (Å²) >= 11 is 0. The molecule has 0 radical (unpaired) electrons. The van der Waals surface area contributed by atoms with Gasteiger partial charge in [-0.1, -0.05) is 6.92 Å². The third kappa shape index (κ3) is 2.99. The number of nitriles is 2. The highest BCUT2D eigenvalue weighted by atomic mass is 32.2. The lowest BCUT2D eigenvalue weighted by Gasteiger charge is -2.35. The maximum absolute atomic E-state index is 12.1. The molecule has 1 rings (SSSR count). The largest absolute Gasteiger partial charge is 0.286 e. The fourth-order valence-corrected chi connectivity index (χ4v) is 3.56. The van der Waals surface area contributed by atoms with Gasteiger partial charge < -0.3 is 0 Å². The first-order chi connectivity index (χ1) is 8.47. The lowest BCUT2D eigenvalue weighted by Crippen LogP contribution is -2.52. The molecule has 0 spiro atoms. The van der Waals surface area contributed by atoms with Gasteiger partial charge in [-0.25, -0.2) is 8.42 Å². The summed E-state index contributed by atoms with van der Waals surface area (Å²) in [6, 6.07) is 3.78. The highest BCUT2D eigenvalue weighted by Crippen LogP contribution is 2.15. The Balaban J connectivity index is 2.69. The quantitative estimate of drug-likeness (QED) is 0.725. The second-order valence-electron chi connectivity index (χ2n) is 4.31. The fraction of sp³-hybridized carbons (Fsp3) is 0.818. The minimum absolute atomic E-state index is 0.201. The Kier molecular flexibility index (Phi) is 5.09. The lowest BCUT2D eigenvalue weighted by atomic mass is 10.2. The summed E-state index contributed by atoms with van der Waals surface area (Å²) in [5.74, 6) is 0. The van der Waals surface area contributed by atoms with E-state index in [1.54, 1.807) is 13.8 Å². The molecular weight excluding hydrogens is 252 g/mol. The van der Waals surface area contributed by atoms with E-state index in [4.69, 9.17) is 10.5 Å². The predicted octanol–water partition coefficient (Wildman–Crippen LogP) is 0.148. The summed E-state index contributed by atoms with van der Waals surface area (Å²) in [6.07, 6.45) is 0.299. The van der Waals surface area contributed by atoms with E-state index in [2.05, 4.69) is 6.07 Å². The zero-order valence-corrected chi connectivity index (χ0v) is 11.5. The van der Waals surface area contributed by atoms with E-state index < -0.39 is 15.3 Å². The molecule has 1 fully saturated rings. The summed E-state index contributed by atoms with van der Waals surface area (Å²) in [6.45, 7) is 5.28. The molecule has 18 heavy (non-hydrogen) atoms. The maximum Gasteiger partial charge on any atom is 0.230 e. The molecule has 0 bridgehead atoms. The van der Waals surface area contributed by atoms with E-state index >= 15 is 0 Å². The fourth-order valence-electron chi connectivity index (χ4n) is 1.98. The zero-order chi connectivity index (χ0) is 13.8. The Morgan fingerprint density at radius 3 is 2.11 bits per heavy atom. The standard InChI is InChI=1S/C11H18N4O2S/c1-3-11(9-13)18(16,17)15-6-4-14(5-7-15)10(2)8-12/h10-11H,3-7H2,1-2H3. The highest BCUT2D eigenvalue weighted by molar-refractivity contribution is 7.90. The molecule has 1 saturated heterocycles. The van der Waals surface area contributed by atoms with Crippen LogP contribution in [0.1, 0.15) is 20.3 Å². The molecule has 100 valence electrons. The van der Waals surface area contributed by atoms with Gasteiger partial charge in [-0.05, 0) is 13.3 Å². The summed E-state index contributed by atoms with van der Waals surface area (Å²) in [5, 5.41) is 16.7. The number of hydrogen-bond donors (Lipinski definition) is 0. The molecule has 0 amide bonds. The van der Waals surface area contributed by atoms with Crippen LogP contribution < -0.4 is 0 Å². The van der Waals surface area contributed by atoms with Crippen LogP contribution in [0.2, 0.25) is 0 Å². The van der Waals surface area contributed by atoms with E-state index in [0.717, 1.165) is 0 Å². The van der Waals surface area contributed by atoms with Gasteiger partial charge in [-0.2, -0.15) is 14.8 Å². The van der Waals surface area contributed by atoms with Crippen molar-refractivity contribution in [2.75, 3.05) is 26.2 Å². The van der Waals surface area contributed by atoms with Gasteiger partial charge in [0, 0.05) is 26.2 Å². The molecule has 1 heterocycles. The first kappa shape index (κ1) is 14.9. The van der Waals surface area contributed by atoms with Crippen LogP contribution in [-0.4, -0.2) is 55.1 Å². The highest BCUT2D eigenvalue weighted by Gasteiger charge is 2.33. The second kappa shape index (κ2) is 6.14. The summed E-state index contributed by atoms with van der Waals surface area (Å²) in [5.41, 5.74) is 0. The SMILES string of the molecule is CCC(C#N)S(=O)(=O)N1CCN(C(C)C#N)CC1. The third-order valence-corrected chi connectivity index (χ3v) is 5.48. The minimum Gasteiger partial charge on any atom is -0.286 e. The molecule has 0 aromatic heterocycles. The van der Waals surface area contributed by atoms with Crippen LogP contribution in [0.25, 0.3) is 0 Å². The molecule has 0 aromatic rings. The monoisotopic (exact) mass is 270 g/mol. The van der Waals surface area contributed by atoms with Crippen molar-refractivity contribution in [1.29, 1.82) is 10.5 Å². The number of sulfonamides is 1. The molecule has 0 aliphatic carbocycles. The second-order valence-corrected chi connectivity index (χ2v) is 6.43. The topological polar surface area (TPSA) is 88.2 Å². The van der Waals surface area contributed by atoms with E-state index in [1.807, 2.05) is 11.0 Å². The van der Waals surface area contributed by atoms with Gasteiger partial charge in [-0.3, -0.25) is 4.90 Å². The van der Waals surface area contributed by atoms with E-state index in [9.17, 15) is 8.42 Å². The van der Waals surface area contributed by atoms with Crippen LogP contribution in [0.15, 0.2) is 0 Å². The third-order valence-electron chi connectivity index (χ3n) is 3.24. The molecule has 1 aliphatic rings. The van der Waals surface area contributed by atoms with Crippen LogP contribution in [0.5, 0.6) is 0 Å². The minimum atomic E-state index is -3.52. The Labute approximate surface area is 108 Å². The van der Waals surface area contributed by atoms with E-state index in [1.165, 1.54) is 4.31 Å². The first-order valence-corrected chi connectivity index (χ1v) is 7.50. The predicted molar refractivity (Wildman–Crippen MR) is 66.8 cm³/mol. The molecule has 0 N–H and O–H groups in total. The molecule has 7 heteroatoms. The van der Waals surface area contributed by atoms with Crippen LogP contribution in [0.4, 0.5) is 0 Å². The van der Waals surface area contributed by atoms with Crippen molar-refractivity contribution < 1.29 is 8.42 Å². The smallest absolute Gasteiger partial charge is 0.230 e. The summed E-state index contributed by atoms with van der Waals surface area (Å²) in [4.78, 5) is 1.94. The summed E-state index contributed by atoms with van der Waals surface area (Å²) < 4.78 is 25.6. The Morgan fingerprint density at radius 2 is 1.72 bits per heavy atom. The van der Waals surface area contributed by atoms with Crippen molar-refractivity contribution in [1.82, 2.24) is 9.21 Å². The van der Waals surface area contributed by atoms with Crippen LogP contribution >= 0.6 is 0 Å². The number of rotatable bonds is 4. The van der Waals surface area contributed by atoms with Gasteiger partial charge in [-0.15, -0.1) is 0 Å². The molecule has 1 aliphatic heterocycles. The molecular formula is C11H18N4O2S. The zero-order valence-electron chi connectivity index (χ0n) is 10.7. The van der Waals surface area contributed by atoms with Crippen LogP contribution in [0, 0.1) is 22.7 Å². The average molecular weight is 270 g/mol. The van der Waals surface area contributed by atoms with Crippen LogP contribution in [0.3, 0.4) is 0 Å². The van der Waals surface area contributed by atoms with Crippen molar-refractivity contribution in [2.45, 2.75) is 31.6 Å². The van der Waals surface area contributed by atoms with Crippen molar-refractivity contribution in [3.05, 3.63) is 0 Å². The van der Waals surface area contributed by atoms with Crippen LogP contribution in [-0.2, 0) is 10.0 Å². The van der Waals surface area contributed by atoms with Gasteiger partial charge >= 0.3 is 0 Å². The Morgan fingerprint density at radius 1 is 1.17 bits per heavy atom. The average Bonchev–Trinajstić information content (AvgIpc) is 2.39. The van der Waals surface area contributed by atoms with Gasteiger partial charge in [0.2, 0.25) is 10.0 Å². The number of piperazine rings is 1. The molecule has 0 aromatic carbocycles. The molecule has 2 unspecified atom stereocenters. The maximum atomic E-state index is 12.1. The van der Waals surface area contributed by atoms with Crippen molar-refractivity contribution in [2.24, 2.45) is 0 Å². The Hall–Kier alpha value is -1.15. The molecule has 2 atom stereocenters. The lowest BCUT2D eigenvalue weighted by molar-refractivity contribution is 0.169. The molecule has 6 nitrogen and oxygen atoms in total. The number of hydrogen-bond acceptors (Lipinski definition) is 5.